The normalized spacial score (nSPS) is 22.9. The second kappa shape index (κ2) is 7.23. The van der Waals surface area contributed by atoms with Crippen LogP contribution in [0.3, 0.4) is 0 Å². The molecule has 0 radical (unpaired) electrons. The first-order valence-corrected chi connectivity index (χ1v) is 8.70. The van der Waals surface area contributed by atoms with Gasteiger partial charge in [-0.3, -0.25) is 0 Å². The summed E-state index contributed by atoms with van der Waals surface area (Å²) in [6.07, 6.45) is 0. The predicted octanol–water partition coefficient (Wildman–Crippen LogP) is 2.89. The zero-order valence-corrected chi connectivity index (χ0v) is 15.5. The third-order valence-electron chi connectivity index (χ3n) is 4.93. The Morgan fingerprint density at radius 3 is 2.19 bits per heavy atom. The molecule has 0 aromatic heterocycles. The Balaban J connectivity index is 2.22. The minimum absolute atomic E-state index is 0.450. The second-order valence-electron chi connectivity index (χ2n) is 6.67. The Hall–Kier alpha value is -3.15. The SMILES string of the molecule is COC(=O)[C@@H](C)N1C(c2ccccc2)=N[C@](C)(C(=O)O)[C@@H]1c1ccccc1. The molecule has 0 fully saturated rings. The first kappa shape index (κ1) is 18.6. The topological polar surface area (TPSA) is 79.2 Å². The van der Waals surface area contributed by atoms with Crippen LogP contribution in [0.2, 0.25) is 0 Å². The number of hydrogen-bond acceptors (Lipinski definition) is 5. The van der Waals surface area contributed by atoms with Gasteiger partial charge in [0.1, 0.15) is 11.9 Å². The highest BCUT2D eigenvalue weighted by molar-refractivity contribution is 6.05. The lowest BCUT2D eigenvalue weighted by atomic mass is 9.87. The molecule has 6 heteroatoms. The van der Waals surface area contributed by atoms with Crippen LogP contribution in [-0.4, -0.2) is 46.5 Å². The summed E-state index contributed by atoms with van der Waals surface area (Å²) < 4.78 is 4.94. The number of benzene rings is 2. The van der Waals surface area contributed by atoms with Crippen molar-refractivity contribution >= 4 is 17.8 Å². The summed E-state index contributed by atoms with van der Waals surface area (Å²) in [5, 5.41) is 10.0. The number of hydrogen-bond donors (Lipinski definition) is 1. The molecule has 1 N–H and O–H groups in total. The van der Waals surface area contributed by atoms with Gasteiger partial charge in [0.15, 0.2) is 5.54 Å². The Morgan fingerprint density at radius 1 is 1.11 bits per heavy atom. The summed E-state index contributed by atoms with van der Waals surface area (Å²) in [6, 6.07) is 17.2. The Kier molecular flexibility index (Phi) is 4.99. The van der Waals surface area contributed by atoms with Gasteiger partial charge in [-0.25, -0.2) is 14.6 Å². The number of carbonyl (C=O) groups excluding carboxylic acids is 1. The lowest BCUT2D eigenvalue weighted by Gasteiger charge is -2.36. The molecule has 2 aromatic carbocycles. The van der Waals surface area contributed by atoms with E-state index in [-0.39, 0.29) is 0 Å². The van der Waals surface area contributed by atoms with Gasteiger partial charge in [-0.1, -0.05) is 60.7 Å². The van der Waals surface area contributed by atoms with E-state index in [0.717, 1.165) is 11.1 Å². The molecule has 140 valence electrons. The Labute approximate surface area is 158 Å². The van der Waals surface area contributed by atoms with Crippen molar-refractivity contribution in [1.29, 1.82) is 0 Å². The van der Waals surface area contributed by atoms with E-state index in [2.05, 4.69) is 4.99 Å². The average Bonchev–Trinajstić information content (AvgIpc) is 3.02. The molecule has 0 saturated carbocycles. The largest absolute Gasteiger partial charge is 0.479 e. The van der Waals surface area contributed by atoms with Crippen LogP contribution in [0.25, 0.3) is 0 Å². The number of carbonyl (C=O) groups is 2. The Morgan fingerprint density at radius 2 is 1.67 bits per heavy atom. The molecule has 1 aliphatic rings. The molecule has 2 aromatic rings. The molecule has 0 spiro atoms. The van der Waals surface area contributed by atoms with Gasteiger partial charge in [-0.15, -0.1) is 0 Å². The van der Waals surface area contributed by atoms with Crippen LogP contribution in [0.4, 0.5) is 0 Å². The van der Waals surface area contributed by atoms with Gasteiger partial charge in [0.05, 0.1) is 13.2 Å². The van der Waals surface area contributed by atoms with E-state index in [1.807, 2.05) is 60.7 Å². The van der Waals surface area contributed by atoms with Crippen LogP contribution in [0.1, 0.15) is 31.0 Å². The second-order valence-corrected chi connectivity index (χ2v) is 6.67. The van der Waals surface area contributed by atoms with Crippen molar-refractivity contribution < 1.29 is 19.4 Å². The number of ether oxygens (including phenoxy) is 1. The van der Waals surface area contributed by atoms with Gasteiger partial charge >= 0.3 is 11.9 Å². The average molecular weight is 366 g/mol. The van der Waals surface area contributed by atoms with Crippen molar-refractivity contribution in [3.63, 3.8) is 0 Å². The number of carboxylic acid groups (broad SMARTS) is 1. The first-order chi connectivity index (χ1) is 12.9. The Bertz CT molecular complexity index is 866. The number of aliphatic carboxylic acids is 1. The van der Waals surface area contributed by atoms with E-state index in [1.54, 1.807) is 18.7 Å². The van der Waals surface area contributed by atoms with Crippen molar-refractivity contribution in [3.8, 4) is 0 Å². The molecule has 0 unspecified atom stereocenters. The number of carboxylic acids is 1. The molecular weight excluding hydrogens is 344 g/mol. The lowest BCUT2D eigenvalue weighted by molar-refractivity contribution is -0.149. The summed E-state index contributed by atoms with van der Waals surface area (Å²) >= 11 is 0. The van der Waals surface area contributed by atoms with E-state index in [4.69, 9.17) is 4.74 Å². The maximum atomic E-state index is 12.4. The van der Waals surface area contributed by atoms with Gasteiger partial charge in [-0.2, -0.15) is 0 Å². The summed E-state index contributed by atoms with van der Waals surface area (Å²) in [7, 11) is 1.32. The van der Waals surface area contributed by atoms with Crippen LogP contribution in [-0.2, 0) is 14.3 Å². The fourth-order valence-electron chi connectivity index (χ4n) is 3.51. The molecule has 1 aliphatic heterocycles. The molecule has 27 heavy (non-hydrogen) atoms. The summed E-state index contributed by atoms with van der Waals surface area (Å²) in [6.45, 7) is 3.29. The third-order valence-corrected chi connectivity index (χ3v) is 4.93. The summed E-state index contributed by atoms with van der Waals surface area (Å²) in [5.74, 6) is -1.04. The van der Waals surface area contributed by atoms with Gasteiger partial charge in [0.25, 0.3) is 0 Å². The third kappa shape index (κ3) is 3.18. The van der Waals surface area contributed by atoms with Crippen LogP contribution in [0.15, 0.2) is 65.7 Å². The highest BCUT2D eigenvalue weighted by Gasteiger charge is 2.54. The molecule has 1 heterocycles. The number of methoxy groups -OCH3 is 1. The van der Waals surface area contributed by atoms with E-state index in [9.17, 15) is 14.7 Å². The van der Waals surface area contributed by atoms with Gasteiger partial charge in [-0.05, 0) is 19.4 Å². The van der Waals surface area contributed by atoms with E-state index >= 15 is 0 Å². The summed E-state index contributed by atoms with van der Waals surface area (Å²) in [4.78, 5) is 31.0. The van der Waals surface area contributed by atoms with E-state index in [0.29, 0.717) is 5.84 Å². The van der Waals surface area contributed by atoms with Crippen molar-refractivity contribution in [2.75, 3.05) is 7.11 Å². The molecule has 3 rings (SSSR count). The number of aliphatic imine (C=N–C) groups is 1. The van der Waals surface area contributed by atoms with Crippen LogP contribution in [0.5, 0.6) is 0 Å². The highest BCUT2D eigenvalue weighted by atomic mass is 16.5. The maximum absolute atomic E-state index is 12.4. The fourth-order valence-corrected chi connectivity index (χ4v) is 3.51. The maximum Gasteiger partial charge on any atom is 0.333 e. The number of rotatable bonds is 5. The molecular formula is C21H22N2O4. The molecule has 3 atom stereocenters. The number of amidine groups is 1. The van der Waals surface area contributed by atoms with Crippen molar-refractivity contribution in [2.45, 2.75) is 31.5 Å². The highest BCUT2D eigenvalue weighted by Crippen LogP contribution is 2.43. The van der Waals surface area contributed by atoms with Crippen LogP contribution >= 0.6 is 0 Å². The molecule has 0 saturated heterocycles. The molecule has 0 aliphatic carbocycles. The van der Waals surface area contributed by atoms with Gasteiger partial charge < -0.3 is 14.7 Å². The quantitative estimate of drug-likeness (QED) is 0.823. The van der Waals surface area contributed by atoms with Crippen LogP contribution < -0.4 is 0 Å². The monoisotopic (exact) mass is 366 g/mol. The van der Waals surface area contributed by atoms with Crippen molar-refractivity contribution in [3.05, 3.63) is 71.8 Å². The van der Waals surface area contributed by atoms with Crippen LogP contribution in [0, 0.1) is 0 Å². The number of nitrogens with zero attached hydrogens (tertiary/aromatic N) is 2. The lowest BCUT2D eigenvalue weighted by Crippen LogP contribution is -2.49. The molecule has 0 bridgehead atoms. The fraction of sp³-hybridized carbons (Fsp3) is 0.286. The summed E-state index contributed by atoms with van der Waals surface area (Å²) in [5.41, 5.74) is 0.0708. The molecule has 6 nitrogen and oxygen atoms in total. The predicted molar refractivity (Wildman–Crippen MR) is 102 cm³/mol. The number of esters is 1. The zero-order valence-electron chi connectivity index (χ0n) is 15.5. The van der Waals surface area contributed by atoms with Gasteiger partial charge in [0, 0.05) is 5.56 Å². The van der Waals surface area contributed by atoms with E-state index in [1.165, 1.54) is 7.11 Å². The minimum atomic E-state index is -1.45. The zero-order chi connectivity index (χ0) is 19.6. The molecule has 0 amide bonds. The van der Waals surface area contributed by atoms with Crippen molar-refractivity contribution in [2.24, 2.45) is 4.99 Å². The van der Waals surface area contributed by atoms with E-state index < -0.39 is 29.6 Å². The smallest absolute Gasteiger partial charge is 0.333 e. The standard InChI is InChI=1S/C21H22N2O4/c1-14(19(24)27-3)23-17(15-10-6-4-7-11-15)21(2,20(25)26)22-18(23)16-12-8-5-9-13-16/h4-14,17H,1-3H3,(H,25,26)/t14-,17+,21+/m1/s1. The van der Waals surface area contributed by atoms with Gasteiger partial charge in [0.2, 0.25) is 0 Å². The van der Waals surface area contributed by atoms with Crippen molar-refractivity contribution in [1.82, 2.24) is 4.90 Å². The minimum Gasteiger partial charge on any atom is -0.479 e. The first-order valence-electron chi connectivity index (χ1n) is 8.70.